The number of esters is 2. The Balaban J connectivity index is 2.26. The Morgan fingerprint density at radius 2 is 1.85 bits per heavy atom. The first-order valence-corrected chi connectivity index (χ1v) is 12.0. The molecule has 15 nitrogen and oxygen atoms in total. The molecule has 1 aliphatic rings. The van der Waals surface area contributed by atoms with Gasteiger partial charge in [-0.2, -0.15) is 5.10 Å². The molecule has 1 unspecified atom stereocenters. The molecule has 1 aliphatic heterocycles. The second-order valence-corrected chi connectivity index (χ2v) is 10.1. The SMILES string of the molecule is COC(=O)C[C@H]1C([C@@H](C)C/C=N/Nc2ccc([N+](=O)[O-])cc2[N+](=O)[O-])CN(C(=O)OC(C)(C)C)[C@@H]1C(=O)OC. The Hall–Kier alpha value is -4.30. The van der Waals surface area contributed by atoms with E-state index in [1.807, 2.05) is 6.92 Å². The van der Waals surface area contributed by atoms with Crippen LogP contribution in [0.2, 0.25) is 0 Å². The van der Waals surface area contributed by atoms with E-state index < -0.39 is 56.8 Å². The lowest BCUT2D eigenvalue weighted by Gasteiger charge is -2.29. The second-order valence-electron chi connectivity index (χ2n) is 10.1. The average Bonchev–Trinajstić information content (AvgIpc) is 3.23. The van der Waals surface area contributed by atoms with Crippen molar-refractivity contribution in [2.45, 2.75) is 52.2 Å². The lowest BCUT2D eigenvalue weighted by atomic mass is 9.79. The molecule has 0 spiro atoms. The number of amides is 1. The number of nitrogens with one attached hydrogen (secondary N) is 1. The Morgan fingerprint density at radius 1 is 1.18 bits per heavy atom. The quantitative estimate of drug-likeness (QED) is 0.147. The summed E-state index contributed by atoms with van der Waals surface area (Å²) in [7, 11) is 2.42. The number of hydrogen-bond acceptors (Lipinski definition) is 12. The van der Waals surface area contributed by atoms with Gasteiger partial charge in [-0.25, -0.2) is 9.59 Å². The van der Waals surface area contributed by atoms with Crippen molar-refractivity contribution in [3.8, 4) is 0 Å². The number of ether oxygens (including phenoxy) is 3. The van der Waals surface area contributed by atoms with Crippen molar-refractivity contribution in [3.05, 3.63) is 38.4 Å². The molecule has 1 fully saturated rings. The van der Waals surface area contributed by atoms with Crippen molar-refractivity contribution in [2.75, 3.05) is 26.2 Å². The van der Waals surface area contributed by atoms with E-state index in [4.69, 9.17) is 14.2 Å². The molecule has 2 rings (SSSR count). The molecule has 0 bridgehead atoms. The number of hydrazone groups is 1. The topological polar surface area (TPSA) is 193 Å². The van der Waals surface area contributed by atoms with Crippen molar-refractivity contribution < 1.29 is 38.4 Å². The molecular formula is C24H33N5O10. The predicted molar refractivity (Wildman–Crippen MR) is 138 cm³/mol. The number of nitro groups is 2. The van der Waals surface area contributed by atoms with E-state index >= 15 is 0 Å². The number of nitro benzene ring substituents is 2. The molecule has 1 aromatic rings. The van der Waals surface area contributed by atoms with Crippen LogP contribution in [0.3, 0.4) is 0 Å². The lowest BCUT2D eigenvalue weighted by molar-refractivity contribution is -0.393. The minimum atomic E-state index is -1.07. The zero-order chi connectivity index (χ0) is 29.5. The summed E-state index contributed by atoms with van der Waals surface area (Å²) in [5.74, 6) is -2.47. The fourth-order valence-corrected chi connectivity index (χ4v) is 4.40. The fourth-order valence-electron chi connectivity index (χ4n) is 4.40. The third kappa shape index (κ3) is 8.09. The third-order valence-electron chi connectivity index (χ3n) is 6.27. The summed E-state index contributed by atoms with van der Waals surface area (Å²) in [6, 6.07) is 2.05. The minimum Gasteiger partial charge on any atom is -0.469 e. The van der Waals surface area contributed by atoms with Crippen molar-refractivity contribution in [1.82, 2.24) is 4.90 Å². The van der Waals surface area contributed by atoms with E-state index in [0.29, 0.717) is 6.42 Å². The van der Waals surface area contributed by atoms with Crippen LogP contribution in [0.1, 0.15) is 40.5 Å². The van der Waals surface area contributed by atoms with Gasteiger partial charge < -0.3 is 14.2 Å². The lowest BCUT2D eigenvalue weighted by Crippen LogP contribution is -2.46. The number of benzene rings is 1. The summed E-state index contributed by atoms with van der Waals surface area (Å²) in [4.78, 5) is 60.0. The smallest absolute Gasteiger partial charge is 0.411 e. The predicted octanol–water partition coefficient (Wildman–Crippen LogP) is 3.51. The highest BCUT2D eigenvalue weighted by atomic mass is 16.6. The van der Waals surface area contributed by atoms with Gasteiger partial charge in [0.1, 0.15) is 17.3 Å². The molecule has 214 valence electrons. The highest BCUT2D eigenvalue weighted by molar-refractivity contribution is 5.84. The van der Waals surface area contributed by atoms with Crippen LogP contribution < -0.4 is 5.43 Å². The Bertz CT molecular complexity index is 1130. The Kier molecular flexibility index (Phi) is 10.3. The van der Waals surface area contributed by atoms with E-state index in [1.54, 1.807) is 20.8 Å². The third-order valence-corrected chi connectivity index (χ3v) is 6.27. The minimum absolute atomic E-state index is 0.0409. The van der Waals surface area contributed by atoms with Crippen LogP contribution in [0.5, 0.6) is 0 Å². The van der Waals surface area contributed by atoms with Gasteiger partial charge in [0.05, 0.1) is 36.6 Å². The van der Waals surface area contributed by atoms with Gasteiger partial charge in [-0.1, -0.05) is 6.92 Å². The molecule has 1 amide bonds. The zero-order valence-electron chi connectivity index (χ0n) is 22.6. The first kappa shape index (κ1) is 30.9. The molecule has 1 aromatic carbocycles. The normalized spacial score (nSPS) is 19.8. The first-order chi connectivity index (χ1) is 18.2. The largest absolute Gasteiger partial charge is 0.469 e. The monoisotopic (exact) mass is 551 g/mol. The van der Waals surface area contributed by atoms with E-state index in [9.17, 15) is 34.6 Å². The molecule has 1 N–H and O–H groups in total. The van der Waals surface area contributed by atoms with Crippen LogP contribution >= 0.6 is 0 Å². The van der Waals surface area contributed by atoms with E-state index in [-0.39, 0.29) is 30.5 Å². The van der Waals surface area contributed by atoms with Gasteiger partial charge in [0.25, 0.3) is 5.69 Å². The van der Waals surface area contributed by atoms with Crippen LogP contribution in [0.4, 0.5) is 21.9 Å². The van der Waals surface area contributed by atoms with Gasteiger partial charge in [0, 0.05) is 24.7 Å². The van der Waals surface area contributed by atoms with Crippen molar-refractivity contribution in [2.24, 2.45) is 22.9 Å². The highest BCUT2D eigenvalue weighted by Crippen LogP contribution is 2.40. The molecule has 0 aliphatic carbocycles. The summed E-state index contributed by atoms with van der Waals surface area (Å²) >= 11 is 0. The van der Waals surface area contributed by atoms with Gasteiger partial charge in [0.15, 0.2) is 0 Å². The van der Waals surface area contributed by atoms with Gasteiger partial charge in [-0.3, -0.25) is 35.3 Å². The van der Waals surface area contributed by atoms with Gasteiger partial charge in [-0.05, 0) is 45.1 Å². The van der Waals surface area contributed by atoms with Crippen LogP contribution in [-0.2, 0) is 23.8 Å². The number of methoxy groups -OCH3 is 2. The maximum absolute atomic E-state index is 13.0. The van der Waals surface area contributed by atoms with Crippen molar-refractivity contribution in [1.29, 1.82) is 0 Å². The van der Waals surface area contributed by atoms with E-state index in [2.05, 4.69) is 10.5 Å². The van der Waals surface area contributed by atoms with Crippen LogP contribution in [0.25, 0.3) is 0 Å². The Morgan fingerprint density at radius 3 is 2.38 bits per heavy atom. The summed E-state index contributed by atoms with van der Waals surface area (Å²) in [6.45, 7) is 7.03. The number of likely N-dealkylation sites (tertiary alicyclic amines) is 1. The Labute approximate surface area is 224 Å². The second kappa shape index (κ2) is 13.0. The number of non-ortho nitro benzene ring substituents is 1. The van der Waals surface area contributed by atoms with Crippen LogP contribution in [-0.4, -0.2) is 71.4 Å². The zero-order valence-corrected chi connectivity index (χ0v) is 22.6. The number of hydrogen-bond donors (Lipinski definition) is 1. The van der Waals surface area contributed by atoms with E-state index in [1.165, 1.54) is 31.4 Å². The molecular weight excluding hydrogens is 518 g/mol. The first-order valence-electron chi connectivity index (χ1n) is 12.0. The molecule has 1 saturated heterocycles. The fraction of sp³-hybridized carbons (Fsp3) is 0.583. The van der Waals surface area contributed by atoms with Crippen molar-refractivity contribution in [3.63, 3.8) is 0 Å². The van der Waals surface area contributed by atoms with Gasteiger partial charge in [0.2, 0.25) is 0 Å². The standard InChI is InChI=1S/C24H33N5O10/c1-14(9-10-25-26-18-8-7-15(28(33)34)11-19(18)29(35)36)17-13-27(23(32)39-24(2,3)4)21(22(31)38-6)16(17)12-20(30)37-5/h7-8,10-11,14,16-17,21,26H,9,12-13H2,1-6H3/b25-10+/t14-,16-,17?,21-/m0/s1. The molecule has 39 heavy (non-hydrogen) atoms. The number of rotatable bonds is 10. The molecule has 0 aromatic heterocycles. The van der Waals surface area contributed by atoms with Crippen LogP contribution in [0, 0.1) is 38.0 Å². The van der Waals surface area contributed by atoms with Crippen molar-refractivity contribution >= 4 is 41.3 Å². The van der Waals surface area contributed by atoms with Gasteiger partial charge >= 0.3 is 23.7 Å². The summed E-state index contributed by atoms with van der Waals surface area (Å²) < 4.78 is 15.3. The molecule has 0 radical (unpaired) electrons. The number of anilines is 1. The van der Waals surface area contributed by atoms with E-state index in [0.717, 1.165) is 12.1 Å². The number of carbonyl (C=O) groups is 3. The highest BCUT2D eigenvalue weighted by Gasteiger charge is 2.51. The molecule has 0 saturated carbocycles. The molecule has 15 heteroatoms. The maximum Gasteiger partial charge on any atom is 0.411 e. The number of nitrogens with zero attached hydrogens (tertiary/aromatic N) is 4. The van der Waals surface area contributed by atoms with Crippen LogP contribution in [0.15, 0.2) is 23.3 Å². The maximum atomic E-state index is 13.0. The molecule has 1 heterocycles. The number of carbonyl (C=O) groups excluding carboxylic acids is 3. The summed E-state index contributed by atoms with van der Waals surface area (Å²) in [5, 5.41) is 26.2. The average molecular weight is 552 g/mol. The van der Waals surface area contributed by atoms with Gasteiger partial charge in [-0.15, -0.1) is 0 Å². The molecule has 4 atom stereocenters. The summed E-state index contributed by atoms with van der Waals surface area (Å²) in [6.07, 6.45) is 0.887. The summed E-state index contributed by atoms with van der Waals surface area (Å²) in [5.41, 5.74) is 0.709.